The Kier molecular flexibility index (Phi) is 8.93. The third-order valence-corrected chi connectivity index (χ3v) is 2.70. The minimum atomic E-state index is -4.27. The van der Waals surface area contributed by atoms with Gasteiger partial charge in [0.25, 0.3) is 0 Å². The lowest BCUT2D eigenvalue weighted by Crippen LogP contribution is -2.21. The number of halogens is 3. The van der Waals surface area contributed by atoms with Crippen LogP contribution < -0.4 is 5.73 Å². The molecule has 0 heterocycles. The molecule has 0 aliphatic heterocycles. The summed E-state index contributed by atoms with van der Waals surface area (Å²) in [5, 5.41) is 0. The molecule has 1 atom stereocenters. The van der Waals surface area contributed by atoms with Gasteiger partial charge in [-0.25, -0.2) is 0 Å². The maximum atomic E-state index is 12.3. The molecule has 0 saturated heterocycles. The molecule has 0 saturated carbocycles. The van der Waals surface area contributed by atoms with E-state index in [9.17, 15) is 13.2 Å². The van der Waals surface area contributed by atoms with Gasteiger partial charge in [-0.3, -0.25) is 0 Å². The van der Waals surface area contributed by atoms with Crippen molar-refractivity contribution in [1.29, 1.82) is 0 Å². The van der Waals surface area contributed by atoms with Crippen LogP contribution in [0, 0.1) is 6.92 Å². The maximum absolute atomic E-state index is 12.3. The summed E-state index contributed by atoms with van der Waals surface area (Å²) in [5.74, 6) is 0. The molecule has 0 aliphatic carbocycles. The van der Waals surface area contributed by atoms with E-state index in [2.05, 4.69) is 0 Å². The first-order valence-electron chi connectivity index (χ1n) is 6.46. The van der Waals surface area contributed by atoms with Crippen LogP contribution in [-0.2, 0) is 11.3 Å². The summed E-state index contributed by atoms with van der Waals surface area (Å²) >= 11 is -0.111. The number of benzene rings is 1. The van der Waals surface area contributed by atoms with Crippen molar-refractivity contribution in [3.05, 3.63) is 29.3 Å². The van der Waals surface area contributed by atoms with E-state index in [0.29, 0.717) is 6.61 Å². The van der Waals surface area contributed by atoms with Crippen molar-refractivity contribution in [2.45, 2.75) is 50.7 Å². The Morgan fingerprint density at radius 3 is 2.35 bits per heavy atom. The minimum absolute atomic E-state index is 0.0844. The second kappa shape index (κ2) is 9.26. The predicted molar refractivity (Wildman–Crippen MR) is 77.7 cm³/mol. The molecule has 0 amide bonds. The molecule has 116 valence electrons. The highest BCUT2D eigenvalue weighted by Gasteiger charge is 2.29. The number of ether oxygens (including phenoxy) is 1. The fourth-order valence-electron chi connectivity index (χ4n) is 1.46. The first kappa shape index (κ1) is 19.3. The standard InChI is InChI=1S/C12H16F3NOS.C2H6/c1-8-3-10(7-17-6-9(2)16)5-11(4-8)18-12(13,14)15;1-2/h3-5,9H,6-7,16H2,1-2H3;1-2H3/t9-;/m0./s1. The molecule has 1 rings (SSSR count). The zero-order valence-electron chi connectivity index (χ0n) is 12.3. The van der Waals surface area contributed by atoms with Gasteiger partial charge >= 0.3 is 5.51 Å². The molecule has 0 aromatic heterocycles. The number of thioether (sulfide) groups is 1. The number of nitrogens with two attached hydrogens (primary N) is 1. The Morgan fingerprint density at radius 2 is 1.85 bits per heavy atom. The lowest BCUT2D eigenvalue weighted by Gasteiger charge is -2.11. The molecule has 2 nitrogen and oxygen atoms in total. The summed E-state index contributed by atoms with van der Waals surface area (Å²) in [4.78, 5) is 0.182. The number of hydrogen-bond acceptors (Lipinski definition) is 3. The van der Waals surface area contributed by atoms with Crippen LogP contribution in [-0.4, -0.2) is 18.2 Å². The molecule has 20 heavy (non-hydrogen) atoms. The van der Waals surface area contributed by atoms with E-state index < -0.39 is 5.51 Å². The van der Waals surface area contributed by atoms with Crippen LogP contribution in [0.2, 0.25) is 0 Å². The largest absolute Gasteiger partial charge is 0.446 e. The third-order valence-electron chi connectivity index (χ3n) is 1.99. The molecular weight excluding hydrogens is 287 g/mol. The molecule has 0 aliphatic rings. The van der Waals surface area contributed by atoms with Gasteiger partial charge in [-0.15, -0.1) is 0 Å². The van der Waals surface area contributed by atoms with Gasteiger partial charge in [-0.05, 0) is 48.9 Å². The van der Waals surface area contributed by atoms with Gasteiger partial charge in [0, 0.05) is 10.9 Å². The first-order valence-corrected chi connectivity index (χ1v) is 7.27. The van der Waals surface area contributed by atoms with Crippen molar-refractivity contribution in [3.8, 4) is 0 Å². The summed E-state index contributed by atoms with van der Waals surface area (Å²) in [6.07, 6.45) is 0. The third kappa shape index (κ3) is 9.23. The van der Waals surface area contributed by atoms with E-state index in [0.717, 1.165) is 11.1 Å². The SMILES string of the molecule is CC.Cc1cc(COC[C@H](C)N)cc(SC(F)(F)F)c1. The Bertz CT molecular complexity index is 394. The van der Waals surface area contributed by atoms with Gasteiger partial charge in [0.05, 0.1) is 13.2 Å². The minimum Gasteiger partial charge on any atom is -0.375 e. The topological polar surface area (TPSA) is 35.2 Å². The molecule has 0 unspecified atom stereocenters. The fourth-order valence-corrected chi connectivity index (χ4v) is 2.19. The number of aryl methyl sites for hydroxylation is 1. The second-order valence-corrected chi connectivity index (χ2v) is 5.33. The van der Waals surface area contributed by atoms with Crippen molar-refractivity contribution < 1.29 is 17.9 Å². The molecule has 2 N–H and O–H groups in total. The average Bonchev–Trinajstić information content (AvgIpc) is 2.27. The van der Waals surface area contributed by atoms with Crippen molar-refractivity contribution in [1.82, 2.24) is 0 Å². The van der Waals surface area contributed by atoms with Gasteiger partial charge in [0.1, 0.15) is 0 Å². The highest BCUT2D eigenvalue weighted by atomic mass is 32.2. The van der Waals surface area contributed by atoms with Crippen LogP contribution in [0.15, 0.2) is 23.1 Å². The quantitative estimate of drug-likeness (QED) is 0.814. The molecule has 0 bridgehead atoms. The van der Waals surface area contributed by atoms with Crippen molar-refractivity contribution >= 4 is 11.8 Å². The van der Waals surface area contributed by atoms with E-state index in [4.69, 9.17) is 10.5 Å². The molecule has 0 fully saturated rings. The summed E-state index contributed by atoms with van der Waals surface area (Å²) in [6.45, 7) is 8.22. The van der Waals surface area contributed by atoms with Crippen LogP contribution in [0.1, 0.15) is 31.9 Å². The first-order chi connectivity index (χ1) is 9.26. The van der Waals surface area contributed by atoms with Crippen molar-refractivity contribution in [2.75, 3.05) is 6.61 Å². The van der Waals surface area contributed by atoms with Crippen molar-refractivity contribution in [2.24, 2.45) is 5.73 Å². The van der Waals surface area contributed by atoms with Gasteiger partial charge in [0.15, 0.2) is 0 Å². The molecule has 0 radical (unpaired) electrons. The summed E-state index contributed by atoms with van der Waals surface area (Å²) < 4.78 is 42.1. The van der Waals surface area contributed by atoms with Gasteiger partial charge in [-0.1, -0.05) is 19.9 Å². The van der Waals surface area contributed by atoms with Crippen LogP contribution in [0.5, 0.6) is 0 Å². The maximum Gasteiger partial charge on any atom is 0.446 e. The van der Waals surface area contributed by atoms with Crippen LogP contribution in [0.25, 0.3) is 0 Å². The van der Waals surface area contributed by atoms with E-state index in [-0.39, 0.29) is 29.3 Å². The Balaban J connectivity index is 0.00000172. The lowest BCUT2D eigenvalue weighted by atomic mass is 10.1. The number of alkyl halides is 3. The number of rotatable bonds is 5. The smallest absolute Gasteiger partial charge is 0.375 e. The van der Waals surface area contributed by atoms with E-state index in [1.165, 1.54) is 12.1 Å². The average molecular weight is 309 g/mol. The van der Waals surface area contributed by atoms with Gasteiger partial charge in [0.2, 0.25) is 0 Å². The van der Waals surface area contributed by atoms with Crippen LogP contribution in [0.4, 0.5) is 13.2 Å². The fraction of sp³-hybridized carbons (Fsp3) is 0.571. The summed E-state index contributed by atoms with van der Waals surface area (Å²) in [7, 11) is 0. The molecular formula is C14H22F3NOS. The van der Waals surface area contributed by atoms with Crippen molar-refractivity contribution in [3.63, 3.8) is 0 Å². The highest BCUT2D eigenvalue weighted by molar-refractivity contribution is 8.00. The van der Waals surface area contributed by atoms with Crippen LogP contribution in [0.3, 0.4) is 0 Å². The lowest BCUT2D eigenvalue weighted by molar-refractivity contribution is -0.0328. The van der Waals surface area contributed by atoms with E-state index in [1.54, 1.807) is 13.8 Å². The number of hydrogen-bond donors (Lipinski definition) is 1. The van der Waals surface area contributed by atoms with Gasteiger partial charge < -0.3 is 10.5 Å². The zero-order valence-corrected chi connectivity index (χ0v) is 13.1. The summed E-state index contributed by atoms with van der Waals surface area (Å²) in [5.41, 5.74) is 2.76. The van der Waals surface area contributed by atoms with Gasteiger partial charge in [-0.2, -0.15) is 13.2 Å². The van der Waals surface area contributed by atoms with E-state index >= 15 is 0 Å². The van der Waals surface area contributed by atoms with Crippen LogP contribution >= 0.6 is 11.8 Å². The Morgan fingerprint density at radius 1 is 1.25 bits per heavy atom. The Labute approximate surface area is 122 Å². The Hall–Kier alpha value is -0.720. The highest BCUT2D eigenvalue weighted by Crippen LogP contribution is 2.37. The predicted octanol–water partition coefficient (Wildman–Crippen LogP) is 4.50. The zero-order chi connectivity index (χ0) is 15.8. The molecule has 0 spiro atoms. The monoisotopic (exact) mass is 309 g/mol. The second-order valence-electron chi connectivity index (χ2n) is 4.19. The molecule has 1 aromatic carbocycles. The molecule has 1 aromatic rings. The molecule has 6 heteroatoms. The summed E-state index contributed by atoms with van der Waals surface area (Å²) in [6, 6.07) is 4.72. The normalized spacial score (nSPS) is 12.6. The van der Waals surface area contributed by atoms with E-state index in [1.807, 2.05) is 19.9 Å².